The van der Waals surface area contributed by atoms with Crippen LogP contribution in [0.5, 0.6) is 5.75 Å². The second kappa shape index (κ2) is 7.70. The van der Waals surface area contributed by atoms with Crippen molar-refractivity contribution in [2.75, 3.05) is 0 Å². The fourth-order valence-electron chi connectivity index (χ4n) is 2.89. The van der Waals surface area contributed by atoms with Crippen molar-refractivity contribution in [2.24, 2.45) is 0 Å². The van der Waals surface area contributed by atoms with Gasteiger partial charge in [-0.3, -0.25) is 9.89 Å². The number of fused-ring (bicyclic) bond motifs is 1. The zero-order valence-corrected chi connectivity index (χ0v) is 15.7. The standard InChI is InChI=1S/C21H17ClN4O2/c1-2-7-16-17(22)10-6-11-18(16)28-13-15-12-19(27)26-21(23-15)24-20(25-26)14-8-4-3-5-9-14/h2-6,8-12H,1,7,13H2,(H,23,24,25). The van der Waals surface area contributed by atoms with Gasteiger partial charge in [0, 0.05) is 22.2 Å². The molecule has 0 unspecified atom stereocenters. The summed E-state index contributed by atoms with van der Waals surface area (Å²) in [6, 6.07) is 16.4. The predicted octanol–water partition coefficient (Wildman–Crippen LogP) is 4.05. The number of ether oxygens (including phenoxy) is 1. The molecule has 4 rings (SSSR count). The van der Waals surface area contributed by atoms with Crippen LogP contribution in [0.1, 0.15) is 11.3 Å². The highest BCUT2D eigenvalue weighted by Gasteiger charge is 2.11. The van der Waals surface area contributed by atoms with E-state index in [1.165, 1.54) is 10.6 Å². The lowest BCUT2D eigenvalue weighted by Gasteiger charge is -2.11. The normalized spacial score (nSPS) is 10.9. The van der Waals surface area contributed by atoms with E-state index in [0.29, 0.717) is 34.5 Å². The fraction of sp³-hybridized carbons (Fsp3) is 0.0952. The van der Waals surface area contributed by atoms with E-state index in [1.54, 1.807) is 12.1 Å². The van der Waals surface area contributed by atoms with Gasteiger partial charge in [0.1, 0.15) is 12.4 Å². The van der Waals surface area contributed by atoms with E-state index >= 15 is 0 Å². The van der Waals surface area contributed by atoms with E-state index in [2.05, 4.69) is 21.6 Å². The molecule has 0 aliphatic rings. The van der Waals surface area contributed by atoms with E-state index < -0.39 is 0 Å². The minimum Gasteiger partial charge on any atom is -0.487 e. The summed E-state index contributed by atoms with van der Waals surface area (Å²) in [7, 11) is 0. The molecular formula is C21H17ClN4O2. The maximum atomic E-state index is 12.4. The number of hydrogen-bond donors (Lipinski definition) is 1. The van der Waals surface area contributed by atoms with Crippen LogP contribution in [-0.4, -0.2) is 19.6 Å². The molecule has 0 aliphatic heterocycles. The van der Waals surface area contributed by atoms with Gasteiger partial charge >= 0.3 is 0 Å². The van der Waals surface area contributed by atoms with Gasteiger partial charge in [0.25, 0.3) is 11.3 Å². The molecule has 7 heteroatoms. The average molecular weight is 393 g/mol. The number of benzene rings is 2. The van der Waals surface area contributed by atoms with Gasteiger partial charge in [0.15, 0.2) is 5.82 Å². The smallest absolute Gasteiger partial charge is 0.274 e. The largest absolute Gasteiger partial charge is 0.487 e. The molecule has 0 atom stereocenters. The highest BCUT2D eigenvalue weighted by Crippen LogP contribution is 2.27. The molecule has 0 saturated carbocycles. The third-order valence-electron chi connectivity index (χ3n) is 4.23. The molecule has 2 aromatic carbocycles. The first kappa shape index (κ1) is 18.0. The minimum atomic E-state index is -0.254. The zero-order valence-electron chi connectivity index (χ0n) is 14.9. The summed E-state index contributed by atoms with van der Waals surface area (Å²) in [6.45, 7) is 3.88. The highest BCUT2D eigenvalue weighted by atomic mass is 35.5. The molecule has 140 valence electrons. The molecule has 0 aliphatic carbocycles. The van der Waals surface area contributed by atoms with Crippen molar-refractivity contribution in [1.29, 1.82) is 0 Å². The number of hydrogen-bond acceptors (Lipinski definition) is 4. The molecule has 0 spiro atoms. The van der Waals surface area contributed by atoms with E-state index in [1.807, 2.05) is 42.5 Å². The summed E-state index contributed by atoms with van der Waals surface area (Å²) in [4.78, 5) is 21.3. The molecule has 0 bridgehead atoms. The third-order valence-corrected chi connectivity index (χ3v) is 4.58. The van der Waals surface area contributed by atoms with Crippen molar-refractivity contribution in [2.45, 2.75) is 13.0 Å². The van der Waals surface area contributed by atoms with Crippen LogP contribution < -0.4 is 10.3 Å². The van der Waals surface area contributed by atoms with Crippen LogP contribution in [0.15, 0.2) is 72.0 Å². The SMILES string of the molecule is C=CCc1c(Cl)cccc1OCc1cc(=O)n2[nH]c(-c3ccccc3)nc2n1. The minimum absolute atomic E-state index is 0.129. The topological polar surface area (TPSA) is 72.3 Å². The van der Waals surface area contributed by atoms with Crippen LogP contribution in [0.4, 0.5) is 0 Å². The fourth-order valence-corrected chi connectivity index (χ4v) is 3.14. The van der Waals surface area contributed by atoms with Crippen LogP contribution >= 0.6 is 11.6 Å². The number of aromatic amines is 1. The van der Waals surface area contributed by atoms with Crippen molar-refractivity contribution in [3.05, 3.63) is 93.9 Å². The van der Waals surface area contributed by atoms with Gasteiger partial charge in [-0.2, -0.15) is 9.50 Å². The molecule has 2 aromatic heterocycles. The number of nitrogens with one attached hydrogen (secondary N) is 1. The Morgan fingerprint density at radius 3 is 2.75 bits per heavy atom. The summed E-state index contributed by atoms with van der Waals surface area (Å²) < 4.78 is 7.18. The van der Waals surface area contributed by atoms with Crippen molar-refractivity contribution < 1.29 is 4.74 Å². The number of nitrogens with zero attached hydrogens (tertiary/aromatic N) is 3. The Balaban J connectivity index is 1.63. The van der Waals surface area contributed by atoms with Gasteiger partial charge < -0.3 is 4.74 Å². The van der Waals surface area contributed by atoms with Gasteiger partial charge in [-0.15, -0.1) is 6.58 Å². The molecule has 1 N–H and O–H groups in total. The van der Waals surface area contributed by atoms with Gasteiger partial charge in [-0.05, 0) is 18.6 Å². The number of allylic oxidation sites excluding steroid dienone is 1. The number of aromatic nitrogens is 4. The lowest BCUT2D eigenvalue weighted by atomic mass is 10.1. The zero-order chi connectivity index (χ0) is 19.5. The molecule has 0 saturated heterocycles. The number of halogens is 1. The maximum Gasteiger partial charge on any atom is 0.274 e. The maximum absolute atomic E-state index is 12.4. The first-order valence-corrected chi connectivity index (χ1v) is 9.08. The molecule has 6 nitrogen and oxygen atoms in total. The summed E-state index contributed by atoms with van der Waals surface area (Å²) in [6.07, 6.45) is 2.35. The van der Waals surface area contributed by atoms with Crippen molar-refractivity contribution in [3.63, 3.8) is 0 Å². The summed E-state index contributed by atoms with van der Waals surface area (Å²) in [5, 5.41) is 3.59. The predicted molar refractivity (Wildman–Crippen MR) is 109 cm³/mol. The lowest BCUT2D eigenvalue weighted by Crippen LogP contribution is -2.16. The molecule has 0 fully saturated rings. The Labute approximate surface area is 166 Å². The van der Waals surface area contributed by atoms with E-state index in [9.17, 15) is 4.79 Å². The summed E-state index contributed by atoms with van der Waals surface area (Å²) in [5.41, 5.74) is 1.96. The first-order chi connectivity index (χ1) is 13.7. The molecule has 28 heavy (non-hydrogen) atoms. The van der Waals surface area contributed by atoms with Gasteiger partial charge in [0.2, 0.25) is 0 Å². The van der Waals surface area contributed by atoms with Gasteiger partial charge in [-0.1, -0.05) is 54.1 Å². The Hall–Kier alpha value is -3.38. The highest BCUT2D eigenvalue weighted by molar-refractivity contribution is 6.31. The molecule has 2 heterocycles. The van der Waals surface area contributed by atoms with Gasteiger partial charge in [0.05, 0.1) is 5.69 Å². The number of rotatable bonds is 6. The first-order valence-electron chi connectivity index (χ1n) is 8.71. The van der Waals surface area contributed by atoms with Crippen molar-refractivity contribution >= 4 is 17.4 Å². The van der Waals surface area contributed by atoms with Crippen LogP contribution in [-0.2, 0) is 13.0 Å². The lowest BCUT2D eigenvalue weighted by molar-refractivity contribution is 0.298. The van der Waals surface area contributed by atoms with E-state index in [0.717, 1.165) is 11.1 Å². The quantitative estimate of drug-likeness (QED) is 0.502. The Bertz CT molecular complexity index is 1200. The summed E-state index contributed by atoms with van der Waals surface area (Å²) in [5.74, 6) is 1.51. The third kappa shape index (κ3) is 3.54. The molecule has 0 radical (unpaired) electrons. The van der Waals surface area contributed by atoms with Crippen LogP contribution in [0, 0.1) is 0 Å². The van der Waals surface area contributed by atoms with Crippen LogP contribution in [0.3, 0.4) is 0 Å². The van der Waals surface area contributed by atoms with Crippen LogP contribution in [0.2, 0.25) is 5.02 Å². The average Bonchev–Trinajstić information content (AvgIpc) is 3.14. The summed E-state index contributed by atoms with van der Waals surface area (Å²) >= 11 is 6.24. The number of H-pyrrole nitrogens is 1. The molecule has 0 amide bonds. The van der Waals surface area contributed by atoms with E-state index in [-0.39, 0.29) is 12.2 Å². The molecule has 4 aromatic rings. The van der Waals surface area contributed by atoms with Crippen molar-refractivity contribution in [3.8, 4) is 17.1 Å². The Morgan fingerprint density at radius 1 is 1.14 bits per heavy atom. The Kier molecular flexibility index (Phi) is 4.95. The van der Waals surface area contributed by atoms with E-state index in [4.69, 9.17) is 16.3 Å². The van der Waals surface area contributed by atoms with Gasteiger partial charge in [-0.25, -0.2) is 4.98 Å². The second-order valence-electron chi connectivity index (χ2n) is 6.16. The monoisotopic (exact) mass is 392 g/mol. The Morgan fingerprint density at radius 2 is 1.96 bits per heavy atom. The molecular weight excluding hydrogens is 376 g/mol. The second-order valence-corrected chi connectivity index (χ2v) is 6.56. The van der Waals surface area contributed by atoms with Crippen molar-refractivity contribution in [1.82, 2.24) is 19.6 Å². The van der Waals surface area contributed by atoms with Crippen LogP contribution in [0.25, 0.3) is 17.2 Å².